The summed E-state index contributed by atoms with van der Waals surface area (Å²) >= 11 is 0. The van der Waals surface area contributed by atoms with Crippen molar-refractivity contribution in [3.05, 3.63) is 54.2 Å². The molecule has 1 amide bonds. The van der Waals surface area contributed by atoms with Gasteiger partial charge in [0.1, 0.15) is 12.7 Å². The van der Waals surface area contributed by atoms with Gasteiger partial charge in [0.25, 0.3) is 5.91 Å². The Morgan fingerprint density at radius 2 is 1.88 bits per heavy atom. The van der Waals surface area contributed by atoms with Gasteiger partial charge in [0, 0.05) is 35.0 Å². The summed E-state index contributed by atoms with van der Waals surface area (Å²) in [6.07, 6.45) is 0.455. The molecule has 214 valence electrons. The average Bonchev–Trinajstić information content (AvgIpc) is 3.62. The highest BCUT2D eigenvalue weighted by Gasteiger charge is 2.31. The van der Waals surface area contributed by atoms with E-state index in [1.165, 1.54) is 0 Å². The van der Waals surface area contributed by atoms with Crippen molar-refractivity contribution in [1.29, 1.82) is 0 Å². The summed E-state index contributed by atoms with van der Waals surface area (Å²) in [5.41, 5.74) is 1.44. The SMILES string of the molecule is CC(C)(C)n1ccc(C(=O)NCc2nc(-c3cc4c(N[C@H]5CC[C@H](F)CC5)cccc4n3CC(F)(F)F)no2)c1. The maximum Gasteiger partial charge on any atom is 0.406 e. The molecule has 3 heterocycles. The Morgan fingerprint density at radius 1 is 1.12 bits per heavy atom. The minimum absolute atomic E-state index is 0.0209. The van der Waals surface area contributed by atoms with E-state index in [0.717, 1.165) is 4.57 Å². The van der Waals surface area contributed by atoms with E-state index < -0.39 is 18.9 Å². The Balaban J connectivity index is 1.38. The second-order valence-corrected chi connectivity index (χ2v) is 11.2. The Hall–Kier alpha value is -3.83. The van der Waals surface area contributed by atoms with E-state index in [2.05, 4.69) is 20.8 Å². The van der Waals surface area contributed by atoms with Crippen molar-refractivity contribution in [2.75, 3.05) is 5.32 Å². The molecule has 1 aliphatic rings. The van der Waals surface area contributed by atoms with Crippen molar-refractivity contribution in [1.82, 2.24) is 24.6 Å². The van der Waals surface area contributed by atoms with E-state index in [0.29, 0.717) is 47.8 Å². The Labute approximate surface area is 228 Å². The maximum absolute atomic E-state index is 13.6. The molecular formula is C28H32F4N6O2. The standard InChI is InChI=1S/C28H32F4N6O2/c1-27(2,3)37-12-11-17(15-37)26(39)33-14-24-35-25(36-40-24)23-13-20-21(34-19-9-7-18(29)8-10-19)5-4-6-22(20)38(23)16-28(30,31)32/h4-6,11-13,15,18-19,34H,7-10,14,16H2,1-3H3,(H,33,39)/t18-,19-. The van der Waals surface area contributed by atoms with E-state index in [-0.39, 0.29) is 41.4 Å². The summed E-state index contributed by atoms with van der Waals surface area (Å²) in [5, 5.41) is 10.6. The van der Waals surface area contributed by atoms with E-state index >= 15 is 0 Å². The number of hydrogen-bond donors (Lipinski definition) is 2. The second-order valence-electron chi connectivity index (χ2n) is 11.2. The summed E-state index contributed by atoms with van der Waals surface area (Å²) < 4.78 is 62.8. The molecule has 5 rings (SSSR count). The molecule has 2 N–H and O–H groups in total. The fraction of sp³-hybridized carbons (Fsp3) is 0.464. The fourth-order valence-electron chi connectivity index (χ4n) is 5.00. The molecule has 8 nitrogen and oxygen atoms in total. The van der Waals surface area contributed by atoms with E-state index in [4.69, 9.17) is 4.52 Å². The van der Waals surface area contributed by atoms with Crippen LogP contribution in [0.3, 0.4) is 0 Å². The number of carbonyl (C=O) groups excluding carboxylic acids is 1. The van der Waals surface area contributed by atoms with Crippen LogP contribution in [-0.4, -0.2) is 43.6 Å². The van der Waals surface area contributed by atoms with Gasteiger partial charge in [-0.2, -0.15) is 18.2 Å². The first-order valence-electron chi connectivity index (χ1n) is 13.3. The third-order valence-corrected chi connectivity index (χ3v) is 7.13. The van der Waals surface area contributed by atoms with E-state index in [1.54, 1.807) is 36.5 Å². The van der Waals surface area contributed by atoms with Crippen LogP contribution in [0.5, 0.6) is 0 Å². The van der Waals surface area contributed by atoms with Gasteiger partial charge in [-0.05, 0) is 70.7 Å². The van der Waals surface area contributed by atoms with Gasteiger partial charge < -0.3 is 24.3 Å². The van der Waals surface area contributed by atoms with E-state index in [1.807, 2.05) is 31.5 Å². The topological polar surface area (TPSA) is 89.9 Å². The number of alkyl halides is 4. The summed E-state index contributed by atoms with van der Waals surface area (Å²) in [6.45, 7) is 4.72. The molecule has 0 unspecified atom stereocenters. The van der Waals surface area contributed by atoms with Crippen molar-refractivity contribution >= 4 is 22.5 Å². The van der Waals surface area contributed by atoms with Crippen LogP contribution in [-0.2, 0) is 18.6 Å². The lowest BCUT2D eigenvalue weighted by Gasteiger charge is -2.26. The molecule has 40 heavy (non-hydrogen) atoms. The normalized spacial score (nSPS) is 18.3. The largest absolute Gasteiger partial charge is 0.406 e. The van der Waals surface area contributed by atoms with Gasteiger partial charge in [-0.25, -0.2) is 4.39 Å². The van der Waals surface area contributed by atoms with E-state index in [9.17, 15) is 22.4 Å². The van der Waals surface area contributed by atoms with Crippen molar-refractivity contribution in [3.8, 4) is 11.5 Å². The van der Waals surface area contributed by atoms with Gasteiger partial charge in [-0.15, -0.1) is 0 Å². The monoisotopic (exact) mass is 560 g/mol. The molecular weight excluding hydrogens is 528 g/mol. The Kier molecular flexibility index (Phi) is 7.36. The lowest BCUT2D eigenvalue weighted by atomic mass is 9.93. The van der Waals surface area contributed by atoms with Crippen LogP contribution in [0.25, 0.3) is 22.4 Å². The number of carbonyl (C=O) groups is 1. The average molecular weight is 561 g/mol. The van der Waals surface area contributed by atoms with Crippen LogP contribution in [0.2, 0.25) is 0 Å². The lowest BCUT2D eigenvalue weighted by Crippen LogP contribution is -2.26. The highest BCUT2D eigenvalue weighted by atomic mass is 19.4. The summed E-state index contributed by atoms with van der Waals surface area (Å²) in [7, 11) is 0. The van der Waals surface area contributed by atoms with Gasteiger partial charge >= 0.3 is 6.18 Å². The number of nitrogens with one attached hydrogen (secondary N) is 2. The molecule has 0 radical (unpaired) electrons. The minimum Gasteiger partial charge on any atom is -0.382 e. The van der Waals surface area contributed by atoms with Crippen LogP contribution in [0.4, 0.5) is 23.2 Å². The molecule has 4 aromatic rings. The first-order chi connectivity index (χ1) is 18.9. The molecule has 1 aromatic carbocycles. The van der Waals surface area contributed by atoms with Crippen LogP contribution in [0.15, 0.2) is 47.2 Å². The smallest absolute Gasteiger partial charge is 0.382 e. The molecule has 0 bridgehead atoms. The zero-order chi connectivity index (χ0) is 28.7. The molecule has 1 fully saturated rings. The third-order valence-electron chi connectivity index (χ3n) is 7.13. The van der Waals surface area contributed by atoms with Crippen LogP contribution in [0.1, 0.15) is 62.7 Å². The zero-order valence-electron chi connectivity index (χ0n) is 22.6. The molecule has 3 aromatic heterocycles. The quantitative estimate of drug-likeness (QED) is 0.254. The molecule has 0 atom stereocenters. The molecule has 1 aliphatic carbocycles. The van der Waals surface area contributed by atoms with Gasteiger partial charge in [0.05, 0.1) is 23.3 Å². The fourth-order valence-corrected chi connectivity index (χ4v) is 5.00. The van der Waals surface area contributed by atoms with Crippen molar-refractivity contribution in [2.24, 2.45) is 0 Å². The molecule has 0 spiro atoms. The molecule has 12 heteroatoms. The van der Waals surface area contributed by atoms with Crippen LogP contribution in [0, 0.1) is 0 Å². The number of amides is 1. The number of aromatic nitrogens is 4. The number of fused-ring (bicyclic) bond motifs is 1. The highest BCUT2D eigenvalue weighted by molar-refractivity contribution is 5.96. The number of hydrogen-bond acceptors (Lipinski definition) is 5. The predicted molar refractivity (Wildman–Crippen MR) is 143 cm³/mol. The number of rotatable bonds is 7. The lowest BCUT2D eigenvalue weighted by molar-refractivity contribution is -0.139. The highest BCUT2D eigenvalue weighted by Crippen LogP contribution is 2.35. The maximum atomic E-state index is 13.6. The van der Waals surface area contributed by atoms with Crippen molar-refractivity contribution < 1.29 is 26.9 Å². The summed E-state index contributed by atoms with van der Waals surface area (Å²) in [5.74, 6) is -0.303. The molecule has 1 saturated carbocycles. The molecule has 0 aliphatic heterocycles. The number of nitrogens with zero attached hydrogens (tertiary/aromatic N) is 4. The van der Waals surface area contributed by atoms with Gasteiger partial charge in [0.2, 0.25) is 11.7 Å². The minimum atomic E-state index is -4.49. The number of halogens is 4. The summed E-state index contributed by atoms with van der Waals surface area (Å²) in [6, 6.07) is 8.44. The predicted octanol–water partition coefficient (Wildman–Crippen LogP) is 6.43. The van der Waals surface area contributed by atoms with Crippen molar-refractivity contribution in [2.45, 2.75) is 83.5 Å². The number of benzene rings is 1. The Bertz CT molecular complexity index is 1490. The second kappa shape index (κ2) is 10.6. The van der Waals surface area contributed by atoms with Gasteiger partial charge in [-0.3, -0.25) is 4.79 Å². The van der Waals surface area contributed by atoms with Gasteiger partial charge in [-0.1, -0.05) is 11.2 Å². The zero-order valence-corrected chi connectivity index (χ0v) is 22.6. The van der Waals surface area contributed by atoms with Crippen molar-refractivity contribution in [3.63, 3.8) is 0 Å². The number of anilines is 1. The summed E-state index contributed by atoms with van der Waals surface area (Å²) in [4.78, 5) is 16.9. The Morgan fingerprint density at radius 3 is 2.55 bits per heavy atom. The van der Waals surface area contributed by atoms with Crippen LogP contribution >= 0.6 is 0 Å². The molecule has 0 saturated heterocycles. The first kappa shape index (κ1) is 27.7. The van der Waals surface area contributed by atoms with Crippen LogP contribution < -0.4 is 10.6 Å². The third kappa shape index (κ3) is 6.15. The van der Waals surface area contributed by atoms with Gasteiger partial charge in [0.15, 0.2) is 0 Å². The first-order valence-corrected chi connectivity index (χ1v) is 13.3.